The number of aliphatic carboxylic acids is 1. The van der Waals surface area contributed by atoms with Crippen molar-refractivity contribution < 1.29 is 14.7 Å². The third kappa shape index (κ3) is 1.65. The van der Waals surface area contributed by atoms with Gasteiger partial charge in [-0.05, 0) is 31.4 Å². The first-order valence-corrected chi connectivity index (χ1v) is 4.96. The summed E-state index contributed by atoms with van der Waals surface area (Å²) < 4.78 is 0. The number of hydrogen-bond donors (Lipinski definition) is 1. The summed E-state index contributed by atoms with van der Waals surface area (Å²) >= 11 is 0. The number of carbonyl (C=O) groups excluding carboxylic acids is 1. The normalized spacial score (nSPS) is 19.8. The van der Waals surface area contributed by atoms with Crippen LogP contribution < -0.4 is 0 Å². The van der Waals surface area contributed by atoms with Crippen molar-refractivity contribution in [3.8, 4) is 0 Å². The average molecular weight is 204 g/mol. The summed E-state index contributed by atoms with van der Waals surface area (Å²) in [5.74, 6) is -2.10. The van der Waals surface area contributed by atoms with E-state index in [1.807, 2.05) is 19.1 Å². The Labute approximate surface area is 87.7 Å². The summed E-state index contributed by atoms with van der Waals surface area (Å²) in [4.78, 5) is 22.7. The maximum Gasteiger partial charge on any atom is 0.314 e. The number of rotatable bonds is 1. The molecule has 1 atom stereocenters. The van der Waals surface area contributed by atoms with Crippen LogP contribution in [0.1, 0.15) is 27.9 Å². The highest BCUT2D eigenvalue weighted by atomic mass is 16.4. The lowest BCUT2D eigenvalue weighted by atomic mass is 9.82. The van der Waals surface area contributed by atoms with E-state index in [4.69, 9.17) is 5.11 Å². The molecule has 0 spiro atoms. The number of hydrogen-bond acceptors (Lipinski definition) is 2. The summed E-state index contributed by atoms with van der Waals surface area (Å²) in [7, 11) is 0. The molecule has 0 fully saturated rings. The van der Waals surface area contributed by atoms with Crippen LogP contribution in [0.2, 0.25) is 0 Å². The monoisotopic (exact) mass is 204 g/mol. The summed E-state index contributed by atoms with van der Waals surface area (Å²) in [6, 6.07) is 5.65. The first kappa shape index (κ1) is 9.90. The zero-order chi connectivity index (χ0) is 11.0. The van der Waals surface area contributed by atoms with Gasteiger partial charge in [-0.1, -0.05) is 17.7 Å². The highest BCUT2D eigenvalue weighted by Gasteiger charge is 2.32. The van der Waals surface area contributed by atoms with E-state index in [1.165, 1.54) is 0 Å². The van der Waals surface area contributed by atoms with Gasteiger partial charge in [0, 0.05) is 5.56 Å². The molecule has 0 saturated heterocycles. The molecular weight excluding hydrogens is 192 g/mol. The maximum atomic E-state index is 11.8. The second-order valence-electron chi connectivity index (χ2n) is 3.95. The van der Waals surface area contributed by atoms with Crippen LogP contribution in [0.4, 0.5) is 0 Å². The third-order valence-corrected chi connectivity index (χ3v) is 2.85. The number of carbonyl (C=O) groups is 2. The van der Waals surface area contributed by atoms with Gasteiger partial charge in [0.15, 0.2) is 5.78 Å². The zero-order valence-corrected chi connectivity index (χ0v) is 8.49. The molecule has 2 rings (SSSR count). The molecule has 1 aromatic rings. The van der Waals surface area contributed by atoms with Crippen molar-refractivity contribution in [3.05, 3.63) is 34.9 Å². The first-order chi connectivity index (χ1) is 7.09. The van der Waals surface area contributed by atoms with E-state index < -0.39 is 11.9 Å². The molecule has 3 nitrogen and oxygen atoms in total. The van der Waals surface area contributed by atoms with Crippen molar-refractivity contribution in [3.63, 3.8) is 0 Å². The van der Waals surface area contributed by atoms with Crippen LogP contribution in [0.25, 0.3) is 0 Å². The highest BCUT2D eigenvalue weighted by Crippen LogP contribution is 2.26. The quantitative estimate of drug-likeness (QED) is 0.710. The molecule has 1 aromatic carbocycles. The standard InChI is InChI=1S/C12H12O3/c1-7-2-3-8-4-5-9(12(14)15)11(13)10(8)6-7/h2-3,6,9H,4-5H2,1H3,(H,14,15). The smallest absolute Gasteiger partial charge is 0.314 e. The van der Waals surface area contributed by atoms with Gasteiger partial charge in [-0.25, -0.2) is 0 Å². The van der Waals surface area contributed by atoms with Crippen molar-refractivity contribution in [2.45, 2.75) is 19.8 Å². The Balaban J connectivity index is 2.45. The molecule has 0 aromatic heterocycles. The van der Waals surface area contributed by atoms with E-state index in [1.54, 1.807) is 6.07 Å². The van der Waals surface area contributed by atoms with Crippen LogP contribution >= 0.6 is 0 Å². The molecule has 1 unspecified atom stereocenters. The fraction of sp³-hybridized carbons (Fsp3) is 0.333. The van der Waals surface area contributed by atoms with E-state index in [0.717, 1.165) is 11.1 Å². The minimum atomic E-state index is -1.01. The molecular formula is C12H12O3. The number of Topliss-reactive ketones (excluding diaryl/α,β-unsaturated/α-hetero) is 1. The van der Waals surface area contributed by atoms with Gasteiger partial charge in [0.1, 0.15) is 5.92 Å². The van der Waals surface area contributed by atoms with E-state index >= 15 is 0 Å². The van der Waals surface area contributed by atoms with Crippen LogP contribution in [0, 0.1) is 12.8 Å². The highest BCUT2D eigenvalue weighted by molar-refractivity contribution is 6.09. The van der Waals surface area contributed by atoms with Crippen molar-refractivity contribution in [1.82, 2.24) is 0 Å². The molecule has 0 saturated carbocycles. The molecule has 1 N–H and O–H groups in total. The second kappa shape index (κ2) is 3.50. The number of benzene rings is 1. The van der Waals surface area contributed by atoms with E-state index in [0.29, 0.717) is 18.4 Å². The predicted molar refractivity (Wildman–Crippen MR) is 55.0 cm³/mol. The van der Waals surface area contributed by atoms with E-state index in [9.17, 15) is 9.59 Å². The van der Waals surface area contributed by atoms with Gasteiger partial charge in [0.05, 0.1) is 0 Å². The minimum absolute atomic E-state index is 0.243. The largest absolute Gasteiger partial charge is 0.481 e. The van der Waals surface area contributed by atoms with Gasteiger partial charge in [0.2, 0.25) is 0 Å². The first-order valence-electron chi connectivity index (χ1n) is 4.96. The lowest BCUT2D eigenvalue weighted by molar-refractivity contribution is -0.140. The molecule has 0 bridgehead atoms. The van der Waals surface area contributed by atoms with Crippen LogP contribution in [0.15, 0.2) is 18.2 Å². The topological polar surface area (TPSA) is 54.4 Å². The van der Waals surface area contributed by atoms with Crippen LogP contribution in [0.5, 0.6) is 0 Å². The van der Waals surface area contributed by atoms with Crippen molar-refractivity contribution in [2.75, 3.05) is 0 Å². The average Bonchev–Trinajstić information content (AvgIpc) is 2.19. The lowest BCUT2D eigenvalue weighted by Crippen LogP contribution is -2.29. The van der Waals surface area contributed by atoms with Crippen molar-refractivity contribution in [1.29, 1.82) is 0 Å². The molecule has 1 aliphatic rings. The van der Waals surface area contributed by atoms with Gasteiger partial charge >= 0.3 is 5.97 Å². The number of carboxylic acid groups (broad SMARTS) is 1. The van der Waals surface area contributed by atoms with Crippen LogP contribution in [-0.4, -0.2) is 16.9 Å². The Morgan fingerprint density at radius 3 is 2.87 bits per heavy atom. The van der Waals surface area contributed by atoms with Crippen molar-refractivity contribution >= 4 is 11.8 Å². The van der Waals surface area contributed by atoms with Gasteiger partial charge < -0.3 is 5.11 Å². The number of carboxylic acids is 1. The van der Waals surface area contributed by atoms with Gasteiger partial charge in [-0.3, -0.25) is 9.59 Å². The van der Waals surface area contributed by atoms with E-state index in [-0.39, 0.29) is 5.78 Å². The third-order valence-electron chi connectivity index (χ3n) is 2.85. The van der Waals surface area contributed by atoms with Gasteiger partial charge in [-0.15, -0.1) is 0 Å². The zero-order valence-electron chi connectivity index (χ0n) is 8.49. The lowest BCUT2D eigenvalue weighted by Gasteiger charge is -2.20. The molecule has 15 heavy (non-hydrogen) atoms. The summed E-state index contributed by atoms with van der Waals surface area (Å²) in [5, 5.41) is 8.88. The van der Waals surface area contributed by atoms with E-state index in [2.05, 4.69) is 0 Å². The molecule has 0 amide bonds. The number of fused-ring (bicyclic) bond motifs is 1. The van der Waals surface area contributed by atoms with Crippen LogP contribution in [0.3, 0.4) is 0 Å². The predicted octanol–water partition coefficient (Wildman–Crippen LogP) is 1.82. The van der Waals surface area contributed by atoms with Crippen LogP contribution in [-0.2, 0) is 11.2 Å². The molecule has 0 heterocycles. The number of aryl methyl sites for hydroxylation is 2. The molecule has 1 aliphatic carbocycles. The Hall–Kier alpha value is -1.64. The Morgan fingerprint density at radius 1 is 1.47 bits per heavy atom. The summed E-state index contributed by atoms with van der Waals surface area (Å²) in [5.41, 5.74) is 2.56. The van der Waals surface area contributed by atoms with Gasteiger partial charge in [-0.2, -0.15) is 0 Å². The Kier molecular flexibility index (Phi) is 2.31. The number of ketones is 1. The minimum Gasteiger partial charge on any atom is -0.481 e. The molecule has 0 aliphatic heterocycles. The fourth-order valence-electron chi connectivity index (χ4n) is 1.99. The molecule has 3 heteroatoms. The fourth-order valence-corrected chi connectivity index (χ4v) is 1.99. The Morgan fingerprint density at radius 2 is 2.20 bits per heavy atom. The summed E-state index contributed by atoms with van der Waals surface area (Å²) in [6.45, 7) is 1.90. The van der Waals surface area contributed by atoms with Crippen molar-refractivity contribution in [2.24, 2.45) is 5.92 Å². The molecule has 78 valence electrons. The molecule has 0 radical (unpaired) electrons. The summed E-state index contributed by atoms with van der Waals surface area (Å²) in [6.07, 6.45) is 1.10. The maximum absolute atomic E-state index is 11.8. The Bertz CT molecular complexity index is 434. The second-order valence-corrected chi connectivity index (χ2v) is 3.95. The SMILES string of the molecule is Cc1ccc2c(c1)C(=O)C(C(=O)O)CC2. The van der Waals surface area contributed by atoms with Gasteiger partial charge in [0.25, 0.3) is 0 Å².